The zero-order valence-corrected chi connectivity index (χ0v) is 8.13. The Bertz CT molecular complexity index is 229. The van der Waals surface area contributed by atoms with Gasteiger partial charge in [0.2, 0.25) is 0 Å². The molecule has 0 aromatic heterocycles. The summed E-state index contributed by atoms with van der Waals surface area (Å²) in [6.07, 6.45) is 0. The third-order valence-electron chi connectivity index (χ3n) is 1.13. The van der Waals surface area contributed by atoms with Crippen molar-refractivity contribution in [3.05, 3.63) is 30.1 Å². The maximum absolute atomic E-state index is 12.3. The van der Waals surface area contributed by atoms with E-state index in [0.717, 1.165) is 4.53 Å². The van der Waals surface area contributed by atoms with Gasteiger partial charge in [-0.3, -0.25) is 0 Å². The quantitative estimate of drug-likeness (QED) is 0.622. The molecule has 0 bridgehead atoms. The molecule has 0 heterocycles. The minimum absolute atomic E-state index is 0. The number of hydrazine groups is 1. The highest BCUT2D eigenvalue weighted by Crippen LogP contribution is 2.14. The predicted octanol–water partition coefficient (Wildman–Crippen LogP) is 2.87. The average molecular weight is 231 g/mol. The summed E-state index contributed by atoms with van der Waals surface area (Å²) in [7, 11) is 0. The largest absolute Gasteiger partial charge is 0.207 e. The Morgan fingerprint density at radius 2 is 1.75 bits per heavy atom. The fourth-order valence-corrected chi connectivity index (χ4v) is 0.831. The molecular weight excluding hydrogens is 225 g/mol. The van der Waals surface area contributed by atoms with Crippen molar-refractivity contribution in [2.24, 2.45) is 0 Å². The highest BCUT2D eigenvalue weighted by atomic mass is 35.5. The lowest BCUT2D eigenvalue weighted by Gasteiger charge is -2.10. The van der Waals surface area contributed by atoms with Crippen LogP contribution in [-0.4, -0.2) is 0 Å². The van der Waals surface area contributed by atoms with Crippen LogP contribution in [0.3, 0.4) is 0 Å². The normalized spacial score (nSPS) is 8.92. The first-order valence-corrected chi connectivity index (χ1v) is 3.53. The standard InChI is InChI=1S/C6H5Cl2FN2.ClH/c7-10-11(8)6-3-1-5(9)2-4-6;/h1-4,10H;1H. The molecule has 0 aliphatic heterocycles. The molecule has 1 aromatic carbocycles. The number of hydrogen-bond donors (Lipinski definition) is 1. The molecule has 2 nitrogen and oxygen atoms in total. The molecule has 1 rings (SSSR count). The first kappa shape index (κ1) is 11.8. The minimum atomic E-state index is -0.312. The second-order valence-electron chi connectivity index (χ2n) is 1.84. The van der Waals surface area contributed by atoms with Crippen LogP contribution in [0.25, 0.3) is 0 Å². The Morgan fingerprint density at radius 1 is 1.25 bits per heavy atom. The third-order valence-corrected chi connectivity index (χ3v) is 1.66. The van der Waals surface area contributed by atoms with Gasteiger partial charge < -0.3 is 0 Å². The first-order chi connectivity index (χ1) is 5.24. The summed E-state index contributed by atoms with van der Waals surface area (Å²) in [5.74, 6) is -0.312. The number of hydrogen-bond acceptors (Lipinski definition) is 2. The minimum Gasteiger partial charge on any atom is -0.207 e. The van der Waals surface area contributed by atoms with Crippen molar-refractivity contribution in [2.75, 3.05) is 4.53 Å². The molecule has 0 spiro atoms. The number of benzene rings is 1. The van der Waals surface area contributed by atoms with Crippen molar-refractivity contribution < 1.29 is 4.39 Å². The second kappa shape index (κ2) is 5.43. The van der Waals surface area contributed by atoms with E-state index in [-0.39, 0.29) is 18.2 Å². The highest BCUT2D eigenvalue weighted by Gasteiger charge is 1.99. The molecule has 0 atom stereocenters. The van der Waals surface area contributed by atoms with Gasteiger partial charge in [-0.25, -0.2) is 8.92 Å². The van der Waals surface area contributed by atoms with Crippen LogP contribution in [0.4, 0.5) is 10.1 Å². The molecule has 0 saturated heterocycles. The fraction of sp³-hybridized carbons (Fsp3) is 0. The van der Waals surface area contributed by atoms with Gasteiger partial charge in [-0.1, -0.05) is 0 Å². The van der Waals surface area contributed by atoms with E-state index in [1.165, 1.54) is 24.3 Å². The number of nitrogens with one attached hydrogen (secondary N) is 1. The van der Waals surface area contributed by atoms with Gasteiger partial charge in [-0.15, -0.1) is 17.4 Å². The zero-order valence-electron chi connectivity index (χ0n) is 5.80. The maximum Gasteiger partial charge on any atom is 0.123 e. The van der Waals surface area contributed by atoms with Crippen LogP contribution < -0.4 is 9.47 Å². The molecule has 0 saturated carbocycles. The molecule has 6 heteroatoms. The Balaban J connectivity index is 0.00000121. The Morgan fingerprint density at radius 3 is 2.17 bits per heavy atom. The molecule has 0 fully saturated rings. The number of nitrogens with zero attached hydrogens (tertiary/aromatic N) is 1. The summed E-state index contributed by atoms with van der Waals surface area (Å²) >= 11 is 10.7. The first-order valence-electron chi connectivity index (χ1n) is 2.82. The average Bonchev–Trinajstić information content (AvgIpc) is 2.05. The topological polar surface area (TPSA) is 15.3 Å². The van der Waals surface area contributed by atoms with Gasteiger partial charge in [0.1, 0.15) is 5.82 Å². The van der Waals surface area contributed by atoms with E-state index in [4.69, 9.17) is 23.6 Å². The molecule has 12 heavy (non-hydrogen) atoms. The Hall–Kier alpha value is -0.220. The molecule has 1 aromatic rings. The van der Waals surface area contributed by atoms with E-state index in [9.17, 15) is 4.39 Å². The molecule has 1 N–H and O–H groups in total. The SMILES string of the molecule is Cl.Fc1ccc(N(Cl)NCl)cc1. The maximum atomic E-state index is 12.3. The highest BCUT2D eigenvalue weighted by molar-refractivity contribution is 6.29. The third kappa shape index (κ3) is 3.03. The van der Waals surface area contributed by atoms with Crippen LogP contribution in [0, 0.1) is 5.82 Å². The van der Waals surface area contributed by atoms with Gasteiger partial charge in [-0.05, 0) is 36.0 Å². The van der Waals surface area contributed by atoms with Gasteiger partial charge in [-0.2, -0.15) is 0 Å². The van der Waals surface area contributed by atoms with Crippen molar-refractivity contribution in [3.63, 3.8) is 0 Å². The summed E-state index contributed by atoms with van der Waals surface area (Å²) in [5.41, 5.74) is 0.572. The van der Waals surface area contributed by atoms with Crippen molar-refractivity contribution in [2.45, 2.75) is 0 Å². The van der Waals surface area contributed by atoms with Crippen LogP contribution >= 0.6 is 36.0 Å². The van der Waals surface area contributed by atoms with E-state index in [0.29, 0.717) is 5.69 Å². The number of rotatable bonds is 2. The smallest absolute Gasteiger partial charge is 0.123 e. The van der Waals surface area contributed by atoms with E-state index in [1.807, 2.05) is 0 Å². The van der Waals surface area contributed by atoms with E-state index in [1.54, 1.807) is 0 Å². The summed E-state index contributed by atoms with van der Waals surface area (Å²) in [5, 5.41) is 0. The lowest BCUT2D eigenvalue weighted by atomic mass is 10.3. The molecule has 0 aliphatic rings. The van der Waals surface area contributed by atoms with E-state index < -0.39 is 0 Å². The molecule has 68 valence electrons. The molecule has 0 unspecified atom stereocenters. The number of anilines is 1. The van der Waals surface area contributed by atoms with Crippen molar-refractivity contribution >= 4 is 41.6 Å². The second-order valence-corrected chi connectivity index (χ2v) is 2.35. The molecular formula is C6H6Cl3FN2. The van der Waals surface area contributed by atoms with Gasteiger partial charge in [0, 0.05) is 11.8 Å². The lowest BCUT2D eigenvalue weighted by molar-refractivity contribution is 0.628. The zero-order chi connectivity index (χ0) is 8.27. The van der Waals surface area contributed by atoms with Gasteiger partial charge in [0.25, 0.3) is 0 Å². The van der Waals surface area contributed by atoms with Crippen LogP contribution in [0.1, 0.15) is 0 Å². The number of halogens is 4. The van der Waals surface area contributed by atoms with Crippen LogP contribution in [-0.2, 0) is 0 Å². The summed E-state index contributed by atoms with van der Waals surface area (Å²) < 4.78 is 13.4. The van der Waals surface area contributed by atoms with Crippen molar-refractivity contribution in [1.82, 2.24) is 4.94 Å². The molecule has 0 radical (unpaired) electrons. The Kier molecular flexibility index (Phi) is 5.33. The van der Waals surface area contributed by atoms with Crippen LogP contribution in [0.5, 0.6) is 0 Å². The van der Waals surface area contributed by atoms with E-state index >= 15 is 0 Å². The molecule has 0 amide bonds. The predicted molar refractivity (Wildman–Crippen MR) is 51.0 cm³/mol. The molecule has 0 aliphatic carbocycles. The van der Waals surface area contributed by atoms with Crippen LogP contribution in [0.2, 0.25) is 0 Å². The van der Waals surface area contributed by atoms with Crippen LogP contribution in [0.15, 0.2) is 24.3 Å². The van der Waals surface area contributed by atoms with Gasteiger partial charge in [0.15, 0.2) is 0 Å². The summed E-state index contributed by atoms with van der Waals surface area (Å²) in [4.78, 5) is 2.15. The van der Waals surface area contributed by atoms with Crippen molar-refractivity contribution in [3.8, 4) is 0 Å². The van der Waals surface area contributed by atoms with Gasteiger partial charge in [0.05, 0.1) is 5.69 Å². The Labute approximate surface area is 85.9 Å². The lowest BCUT2D eigenvalue weighted by Crippen LogP contribution is -2.19. The van der Waals surface area contributed by atoms with Gasteiger partial charge >= 0.3 is 0 Å². The summed E-state index contributed by atoms with van der Waals surface area (Å²) in [6.45, 7) is 0. The monoisotopic (exact) mass is 230 g/mol. The van der Waals surface area contributed by atoms with Crippen molar-refractivity contribution in [1.29, 1.82) is 0 Å². The van der Waals surface area contributed by atoms with E-state index in [2.05, 4.69) is 4.94 Å². The fourth-order valence-electron chi connectivity index (χ4n) is 0.621. The summed E-state index contributed by atoms with van der Waals surface area (Å²) in [6, 6.07) is 5.58.